The van der Waals surface area contributed by atoms with Crippen LogP contribution >= 0.6 is 0 Å². The predicted octanol–water partition coefficient (Wildman–Crippen LogP) is 2.54. The van der Waals surface area contributed by atoms with Crippen molar-refractivity contribution in [1.29, 1.82) is 0 Å². The summed E-state index contributed by atoms with van der Waals surface area (Å²) in [6, 6.07) is 0. The van der Waals surface area contributed by atoms with Gasteiger partial charge in [-0.15, -0.1) is 0 Å². The number of nitrogens with one attached hydrogen (secondary N) is 1. The molecular formula is C15H28N4O. The normalized spacial score (nSPS) is 26.7. The van der Waals surface area contributed by atoms with Crippen molar-refractivity contribution in [1.82, 2.24) is 9.78 Å². The van der Waals surface area contributed by atoms with E-state index in [1.165, 1.54) is 6.42 Å². The molecule has 0 aliphatic heterocycles. The third kappa shape index (κ3) is 3.08. The van der Waals surface area contributed by atoms with Crippen LogP contribution < -0.4 is 11.1 Å². The Morgan fingerprint density at radius 3 is 2.60 bits per heavy atom. The number of nitrogens with zero attached hydrogens (tertiary/aromatic N) is 2. The van der Waals surface area contributed by atoms with Gasteiger partial charge in [0.15, 0.2) is 0 Å². The second-order valence-corrected chi connectivity index (χ2v) is 6.09. The van der Waals surface area contributed by atoms with Crippen molar-refractivity contribution in [3.8, 4) is 0 Å². The lowest BCUT2D eigenvalue weighted by molar-refractivity contribution is 0.00218. The summed E-state index contributed by atoms with van der Waals surface area (Å²) in [5.74, 6) is 1.62. The average molecular weight is 280 g/mol. The van der Waals surface area contributed by atoms with Gasteiger partial charge in [0, 0.05) is 13.1 Å². The summed E-state index contributed by atoms with van der Waals surface area (Å²) in [4.78, 5) is 0. The monoisotopic (exact) mass is 280 g/mol. The molecule has 5 heteroatoms. The van der Waals surface area contributed by atoms with E-state index in [-0.39, 0.29) is 0 Å². The summed E-state index contributed by atoms with van der Waals surface area (Å²) in [6.45, 7) is 7.51. The number of hydrogen-bond acceptors (Lipinski definition) is 4. The number of anilines is 2. The number of nitrogens with two attached hydrogens (primary N) is 1. The largest absolute Gasteiger partial charge is 0.394 e. The quantitative estimate of drug-likeness (QED) is 0.774. The van der Waals surface area contributed by atoms with Gasteiger partial charge in [-0.1, -0.05) is 13.3 Å². The van der Waals surface area contributed by atoms with Crippen LogP contribution in [0.1, 0.15) is 51.6 Å². The van der Waals surface area contributed by atoms with Crippen LogP contribution in [0.25, 0.3) is 0 Å². The highest BCUT2D eigenvalue weighted by Crippen LogP contribution is 2.34. The molecule has 20 heavy (non-hydrogen) atoms. The van der Waals surface area contributed by atoms with E-state index in [0.29, 0.717) is 12.2 Å². The van der Waals surface area contributed by atoms with Gasteiger partial charge in [-0.2, -0.15) is 5.10 Å². The molecule has 0 radical (unpaired) electrons. The van der Waals surface area contributed by atoms with Gasteiger partial charge in [0.05, 0.1) is 17.0 Å². The Morgan fingerprint density at radius 2 is 2.05 bits per heavy atom. The number of nitrogen functional groups attached to an aromatic ring is 1. The van der Waals surface area contributed by atoms with E-state index in [1.807, 2.05) is 18.5 Å². The molecule has 0 unspecified atom stereocenters. The predicted molar refractivity (Wildman–Crippen MR) is 82.7 cm³/mol. The number of aromatic nitrogens is 2. The first-order valence-electron chi connectivity index (χ1n) is 7.78. The third-order valence-electron chi connectivity index (χ3n) is 4.67. The van der Waals surface area contributed by atoms with Crippen molar-refractivity contribution in [2.45, 2.75) is 65.0 Å². The Kier molecular flexibility index (Phi) is 4.58. The molecule has 1 saturated carbocycles. The van der Waals surface area contributed by atoms with Gasteiger partial charge in [-0.05, 0) is 45.4 Å². The molecule has 5 nitrogen and oxygen atoms in total. The van der Waals surface area contributed by atoms with Gasteiger partial charge < -0.3 is 16.2 Å². The first-order valence-corrected chi connectivity index (χ1v) is 7.78. The molecule has 0 saturated heterocycles. The van der Waals surface area contributed by atoms with Gasteiger partial charge >= 0.3 is 0 Å². The molecule has 0 amide bonds. The van der Waals surface area contributed by atoms with Crippen LogP contribution in [0.3, 0.4) is 0 Å². The minimum Gasteiger partial charge on any atom is -0.394 e. The van der Waals surface area contributed by atoms with Crippen LogP contribution in [0.15, 0.2) is 0 Å². The zero-order chi connectivity index (χ0) is 14.8. The topological polar surface area (TPSA) is 76.1 Å². The van der Waals surface area contributed by atoms with Crippen LogP contribution in [0, 0.1) is 12.8 Å². The molecule has 1 heterocycles. The standard InChI is InChI=1S/C15H28N4O/c1-4-12-6-8-15(20,9-7-12)10-17-14-13(16)11(3)18-19(14)5-2/h12,17,20H,4-10,16H2,1-3H3. The van der Waals surface area contributed by atoms with Crippen molar-refractivity contribution < 1.29 is 5.11 Å². The highest BCUT2D eigenvalue weighted by atomic mass is 16.3. The fraction of sp³-hybridized carbons (Fsp3) is 0.800. The van der Waals surface area contributed by atoms with Crippen LogP contribution in [0.4, 0.5) is 11.5 Å². The molecule has 1 aliphatic rings. The molecular weight excluding hydrogens is 252 g/mol. The average Bonchev–Trinajstić information content (AvgIpc) is 2.73. The Balaban J connectivity index is 1.98. The first kappa shape index (κ1) is 15.2. The van der Waals surface area contributed by atoms with Crippen molar-refractivity contribution in [3.05, 3.63) is 5.69 Å². The second kappa shape index (κ2) is 6.04. The fourth-order valence-electron chi connectivity index (χ4n) is 3.06. The van der Waals surface area contributed by atoms with Gasteiger partial charge in [-0.25, -0.2) is 4.68 Å². The summed E-state index contributed by atoms with van der Waals surface area (Å²) in [7, 11) is 0. The zero-order valence-corrected chi connectivity index (χ0v) is 12.9. The molecule has 1 aromatic rings. The lowest BCUT2D eigenvalue weighted by Crippen LogP contribution is -2.41. The van der Waals surface area contributed by atoms with E-state index in [4.69, 9.17) is 5.73 Å². The van der Waals surface area contributed by atoms with Gasteiger partial charge in [0.1, 0.15) is 5.82 Å². The van der Waals surface area contributed by atoms with Crippen LogP contribution in [-0.4, -0.2) is 27.0 Å². The van der Waals surface area contributed by atoms with E-state index in [9.17, 15) is 5.11 Å². The summed E-state index contributed by atoms with van der Waals surface area (Å²) in [5, 5.41) is 18.4. The van der Waals surface area contributed by atoms with Gasteiger partial charge in [0.25, 0.3) is 0 Å². The lowest BCUT2D eigenvalue weighted by Gasteiger charge is -2.36. The summed E-state index contributed by atoms with van der Waals surface area (Å²) < 4.78 is 1.87. The smallest absolute Gasteiger partial charge is 0.148 e. The molecule has 0 spiro atoms. The van der Waals surface area contributed by atoms with Crippen molar-refractivity contribution >= 4 is 11.5 Å². The molecule has 4 N–H and O–H groups in total. The van der Waals surface area contributed by atoms with Crippen LogP contribution in [0.2, 0.25) is 0 Å². The van der Waals surface area contributed by atoms with Crippen LogP contribution in [-0.2, 0) is 6.54 Å². The lowest BCUT2D eigenvalue weighted by atomic mass is 9.78. The Morgan fingerprint density at radius 1 is 1.40 bits per heavy atom. The minimum atomic E-state index is -0.602. The molecule has 0 atom stereocenters. The third-order valence-corrected chi connectivity index (χ3v) is 4.67. The number of hydrogen-bond donors (Lipinski definition) is 3. The summed E-state index contributed by atoms with van der Waals surface area (Å²) in [5.41, 5.74) is 6.99. The number of aryl methyl sites for hydroxylation is 2. The maximum absolute atomic E-state index is 10.7. The molecule has 1 aliphatic carbocycles. The molecule has 1 aromatic heterocycles. The number of aliphatic hydroxyl groups is 1. The maximum atomic E-state index is 10.7. The molecule has 1 fully saturated rings. The van der Waals surface area contributed by atoms with Crippen molar-refractivity contribution in [3.63, 3.8) is 0 Å². The molecule has 0 bridgehead atoms. The Labute approximate surface area is 121 Å². The summed E-state index contributed by atoms with van der Waals surface area (Å²) in [6.07, 6.45) is 5.21. The highest BCUT2D eigenvalue weighted by molar-refractivity contribution is 5.64. The van der Waals surface area contributed by atoms with E-state index in [1.54, 1.807) is 0 Å². The highest BCUT2D eigenvalue weighted by Gasteiger charge is 2.32. The Hall–Kier alpha value is -1.23. The summed E-state index contributed by atoms with van der Waals surface area (Å²) >= 11 is 0. The van der Waals surface area contributed by atoms with Gasteiger partial charge in [-0.3, -0.25) is 0 Å². The maximum Gasteiger partial charge on any atom is 0.148 e. The van der Waals surface area contributed by atoms with Crippen molar-refractivity contribution in [2.75, 3.05) is 17.6 Å². The molecule has 0 aromatic carbocycles. The van der Waals surface area contributed by atoms with E-state index < -0.39 is 5.60 Å². The first-order chi connectivity index (χ1) is 9.49. The second-order valence-electron chi connectivity index (χ2n) is 6.09. The fourth-order valence-corrected chi connectivity index (χ4v) is 3.06. The van der Waals surface area contributed by atoms with E-state index in [2.05, 4.69) is 17.3 Å². The minimum absolute atomic E-state index is 0.554. The SMILES string of the molecule is CCC1CCC(O)(CNc2c(N)c(C)nn2CC)CC1. The number of rotatable bonds is 5. The Bertz CT molecular complexity index is 447. The zero-order valence-electron chi connectivity index (χ0n) is 12.9. The van der Waals surface area contributed by atoms with Crippen molar-refractivity contribution in [2.24, 2.45) is 5.92 Å². The molecule has 2 rings (SSSR count). The molecule has 114 valence electrons. The van der Waals surface area contributed by atoms with E-state index in [0.717, 1.165) is 49.7 Å². The van der Waals surface area contributed by atoms with E-state index >= 15 is 0 Å². The van der Waals surface area contributed by atoms with Crippen LogP contribution in [0.5, 0.6) is 0 Å². The van der Waals surface area contributed by atoms with Gasteiger partial charge in [0.2, 0.25) is 0 Å².